The van der Waals surface area contributed by atoms with Gasteiger partial charge >= 0.3 is 0 Å². The Labute approximate surface area is 130 Å². The largest absolute Gasteiger partial charge is 0.356 e. The standard InChI is InChI=1S/C18H23NOS/c1-3-5-18(20)19-10-13-9-14(13)16-11-21-17-7-6-12(4-2)8-15(16)17/h6-8,11,13-14H,3-5,9-10H2,1-2H3,(H,19,20)/t13-,14+/m0/s1. The molecule has 1 aliphatic carbocycles. The minimum Gasteiger partial charge on any atom is -0.356 e. The second kappa shape index (κ2) is 6.18. The van der Waals surface area contributed by atoms with Crippen LogP contribution in [-0.2, 0) is 11.2 Å². The van der Waals surface area contributed by atoms with Crippen LogP contribution in [-0.4, -0.2) is 12.5 Å². The van der Waals surface area contributed by atoms with E-state index in [4.69, 9.17) is 0 Å². The molecule has 1 N–H and O–H groups in total. The van der Waals surface area contributed by atoms with Crippen LogP contribution in [0.25, 0.3) is 10.1 Å². The van der Waals surface area contributed by atoms with Gasteiger partial charge in [-0.1, -0.05) is 26.0 Å². The molecular weight excluding hydrogens is 278 g/mol. The summed E-state index contributed by atoms with van der Waals surface area (Å²) >= 11 is 1.85. The van der Waals surface area contributed by atoms with E-state index in [1.54, 1.807) is 0 Å². The average molecular weight is 301 g/mol. The molecule has 0 unspecified atom stereocenters. The van der Waals surface area contributed by atoms with Gasteiger partial charge < -0.3 is 5.32 Å². The third kappa shape index (κ3) is 3.13. The molecule has 3 heteroatoms. The number of fused-ring (bicyclic) bond motifs is 1. The number of amides is 1. The second-order valence-corrected chi connectivity index (χ2v) is 6.94. The highest BCUT2D eigenvalue weighted by Crippen LogP contribution is 2.50. The Hall–Kier alpha value is -1.35. The van der Waals surface area contributed by atoms with Crippen molar-refractivity contribution in [3.8, 4) is 0 Å². The number of carbonyl (C=O) groups is 1. The van der Waals surface area contributed by atoms with Crippen molar-refractivity contribution in [1.82, 2.24) is 5.32 Å². The average Bonchev–Trinajstić information content (AvgIpc) is 3.15. The van der Waals surface area contributed by atoms with Crippen LogP contribution in [0.5, 0.6) is 0 Å². The molecular formula is C18H23NOS. The molecule has 1 saturated carbocycles. The van der Waals surface area contributed by atoms with Crippen molar-refractivity contribution in [2.45, 2.75) is 45.4 Å². The van der Waals surface area contributed by atoms with Crippen LogP contribution in [0.15, 0.2) is 23.6 Å². The Morgan fingerprint density at radius 3 is 3.00 bits per heavy atom. The fraction of sp³-hybridized carbons (Fsp3) is 0.500. The van der Waals surface area contributed by atoms with Gasteiger partial charge in [-0.05, 0) is 59.1 Å². The summed E-state index contributed by atoms with van der Waals surface area (Å²) in [4.78, 5) is 11.6. The van der Waals surface area contributed by atoms with Gasteiger partial charge in [0.25, 0.3) is 0 Å². The third-order valence-corrected chi connectivity index (χ3v) is 5.42. The summed E-state index contributed by atoms with van der Waals surface area (Å²) in [6.07, 6.45) is 3.88. The highest BCUT2D eigenvalue weighted by molar-refractivity contribution is 7.17. The Morgan fingerprint density at radius 2 is 2.24 bits per heavy atom. The SMILES string of the molecule is CCCC(=O)NC[C@@H]1C[C@H]1c1csc2ccc(CC)cc12. The van der Waals surface area contributed by atoms with E-state index in [9.17, 15) is 4.79 Å². The van der Waals surface area contributed by atoms with Crippen LogP contribution in [0, 0.1) is 5.92 Å². The molecule has 2 aromatic rings. The molecule has 1 heterocycles. The van der Waals surface area contributed by atoms with E-state index in [1.165, 1.54) is 27.6 Å². The van der Waals surface area contributed by atoms with E-state index in [0.29, 0.717) is 18.3 Å². The molecule has 3 rings (SSSR count). The summed E-state index contributed by atoms with van der Waals surface area (Å²) in [6, 6.07) is 6.84. The van der Waals surface area contributed by atoms with E-state index in [0.717, 1.165) is 19.4 Å². The van der Waals surface area contributed by atoms with Gasteiger partial charge in [-0.3, -0.25) is 4.79 Å². The smallest absolute Gasteiger partial charge is 0.219 e. The fourth-order valence-corrected chi connectivity index (χ4v) is 4.02. The van der Waals surface area contributed by atoms with Crippen molar-refractivity contribution in [3.63, 3.8) is 0 Å². The first kappa shape index (κ1) is 14.6. The third-order valence-electron chi connectivity index (χ3n) is 4.44. The summed E-state index contributed by atoms with van der Waals surface area (Å²) in [7, 11) is 0. The number of hydrogen-bond donors (Lipinski definition) is 1. The van der Waals surface area contributed by atoms with Gasteiger partial charge in [0.15, 0.2) is 0 Å². The topological polar surface area (TPSA) is 29.1 Å². The molecule has 112 valence electrons. The van der Waals surface area contributed by atoms with Crippen molar-refractivity contribution in [2.75, 3.05) is 6.54 Å². The number of benzene rings is 1. The minimum absolute atomic E-state index is 0.201. The molecule has 0 bridgehead atoms. The lowest BCUT2D eigenvalue weighted by atomic mass is 10.0. The number of nitrogens with one attached hydrogen (secondary N) is 1. The van der Waals surface area contributed by atoms with Gasteiger partial charge in [0, 0.05) is 17.7 Å². The quantitative estimate of drug-likeness (QED) is 0.837. The van der Waals surface area contributed by atoms with Gasteiger partial charge in [-0.15, -0.1) is 11.3 Å². The number of thiophene rings is 1. The first-order chi connectivity index (χ1) is 10.2. The summed E-state index contributed by atoms with van der Waals surface area (Å²) in [5.41, 5.74) is 2.91. The lowest BCUT2D eigenvalue weighted by molar-refractivity contribution is -0.121. The Kier molecular flexibility index (Phi) is 4.29. The normalized spacial score (nSPS) is 20.7. The number of aryl methyl sites for hydroxylation is 1. The van der Waals surface area contributed by atoms with E-state index in [1.807, 2.05) is 18.3 Å². The first-order valence-electron chi connectivity index (χ1n) is 7.99. The van der Waals surface area contributed by atoms with Crippen molar-refractivity contribution in [2.24, 2.45) is 5.92 Å². The monoisotopic (exact) mass is 301 g/mol. The van der Waals surface area contributed by atoms with Gasteiger partial charge in [-0.25, -0.2) is 0 Å². The predicted molar refractivity (Wildman–Crippen MR) is 90.0 cm³/mol. The molecule has 21 heavy (non-hydrogen) atoms. The molecule has 1 aliphatic rings. The van der Waals surface area contributed by atoms with E-state index in [2.05, 4.69) is 35.8 Å². The Bertz CT molecular complexity index is 646. The van der Waals surface area contributed by atoms with Crippen molar-refractivity contribution in [3.05, 3.63) is 34.7 Å². The molecule has 1 aromatic carbocycles. The molecule has 0 aliphatic heterocycles. The predicted octanol–water partition coefficient (Wildman–Crippen LogP) is 4.48. The summed E-state index contributed by atoms with van der Waals surface area (Å²) in [6.45, 7) is 5.09. The van der Waals surface area contributed by atoms with Gasteiger partial charge in [0.1, 0.15) is 0 Å². The van der Waals surface area contributed by atoms with E-state index >= 15 is 0 Å². The molecule has 0 spiro atoms. The molecule has 1 amide bonds. The molecule has 0 saturated heterocycles. The zero-order valence-corrected chi connectivity index (χ0v) is 13.6. The van der Waals surface area contributed by atoms with Crippen molar-refractivity contribution < 1.29 is 4.79 Å². The summed E-state index contributed by atoms with van der Waals surface area (Å²) in [5.74, 6) is 1.48. The Balaban J connectivity index is 1.67. The fourth-order valence-electron chi connectivity index (χ4n) is 3.02. The van der Waals surface area contributed by atoms with Crippen molar-refractivity contribution in [1.29, 1.82) is 0 Å². The zero-order valence-electron chi connectivity index (χ0n) is 12.8. The first-order valence-corrected chi connectivity index (χ1v) is 8.87. The van der Waals surface area contributed by atoms with Crippen LogP contribution < -0.4 is 5.32 Å². The van der Waals surface area contributed by atoms with E-state index < -0.39 is 0 Å². The lowest BCUT2D eigenvalue weighted by Crippen LogP contribution is -2.25. The molecule has 0 radical (unpaired) electrons. The lowest BCUT2D eigenvalue weighted by Gasteiger charge is -2.04. The number of hydrogen-bond acceptors (Lipinski definition) is 2. The maximum Gasteiger partial charge on any atom is 0.219 e. The van der Waals surface area contributed by atoms with Gasteiger partial charge in [-0.2, -0.15) is 0 Å². The van der Waals surface area contributed by atoms with Crippen LogP contribution >= 0.6 is 11.3 Å². The van der Waals surface area contributed by atoms with E-state index in [-0.39, 0.29) is 5.91 Å². The summed E-state index contributed by atoms with van der Waals surface area (Å²) in [5, 5.41) is 6.83. The van der Waals surface area contributed by atoms with Gasteiger partial charge in [0.2, 0.25) is 5.91 Å². The number of carbonyl (C=O) groups excluding carboxylic acids is 1. The second-order valence-electron chi connectivity index (χ2n) is 6.03. The Morgan fingerprint density at radius 1 is 1.38 bits per heavy atom. The van der Waals surface area contributed by atoms with Crippen molar-refractivity contribution >= 4 is 27.3 Å². The summed E-state index contributed by atoms with van der Waals surface area (Å²) < 4.78 is 1.39. The molecule has 2 nitrogen and oxygen atoms in total. The van der Waals surface area contributed by atoms with Crippen LogP contribution in [0.3, 0.4) is 0 Å². The highest BCUT2D eigenvalue weighted by atomic mass is 32.1. The molecule has 2 atom stereocenters. The van der Waals surface area contributed by atoms with Crippen LogP contribution in [0.1, 0.15) is 50.2 Å². The molecule has 1 fully saturated rings. The van der Waals surface area contributed by atoms with Crippen LogP contribution in [0.4, 0.5) is 0 Å². The highest BCUT2D eigenvalue weighted by Gasteiger charge is 2.39. The van der Waals surface area contributed by atoms with Gasteiger partial charge in [0.05, 0.1) is 0 Å². The maximum absolute atomic E-state index is 11.6. The number of rotatable bonds is 6. The minimum atomic E-state index is 0.201. The van der Waals surface area contributed by atoms with Crippen LogP contribution in [0.2, 0.25) is 0 Å². The molecule has 1 aromatic heterocycles. The maximum atomic E-state index is 11.6. The zero-order chi connectivity index (χ0) is 14.8.